The average molecular weight is 148 g/mol. The van der Waals surface area contributed by atoms with Crippen LogP contribution in [-0.4, -0.2) is 32.3 Å². The number of rotatable bonds is 3. The summed E-state index contributed by atoms with van der Waals surface area (Å²) in [5.41, 5.74) is 5.19. The molecule has 4 heteroatoms. The third kappa shape index (κ3) is 7.65. The summed E-state index contributed by atoms with van der Waals surface area (Å²) < 4.78 is 0. The topological polar surface area (TPSA) is 42.5 Å². The van der Waals surface area contributed by atoms with Gasteiger partial charge in [-0.1, -0.05) is 0 Å². The van der Waals surface area contributed by atoms with Crippen molar-refractivity contribution in [1.29, 1.82) is 0 Å². The molecular formula is C5H14N3S+. The summed E-state index contributed by atoms with van der Waals surface area (Å²) >= 11 is 4.60. The molecule has 0 aromatic rings. The normalized spacial score (nSPS) is 9.67. The van der Waals surface area contributed by atoms with Crippen LogP contribution in [0.1, 0.15) is 0 Å². The lowest BCUT2D eigenvalue weighted by atomic mass is 10.6. The Morgan fingerprint density at radius 2 is 2.22 bits per heavy atom. The van der Waals surface area contributed by atoms with Gasteiger partial charge in [-0.05, 0) is 12.2 Å². The van der Waals surface area contributed by atoms with Crippen LogP contribution in [0.3, 0.4) is 0 Å². The van der Waals surface area contributed by atoms with Gasteiger partial charge in [0.1, 0.15) is 0 Å². The summed E-state index contributed by atoms with van der Waals surface area (Å²) in [6.45, 7) is 1.90. The van der Waals surface area contributed by atoms with Crippen molar-refractivity contribution in [3.05, 3.63) is 0 Å². The second-order valence-corrected chi connectivity index (χ2v) is 2.69. The molecular weight excluding hydrogens is 134 g/mol. The molecule has 0 amide bonds. The molecule has 9 heavy (non-hydrogen) atoms. The number of thiocarbonyl (C=S) groups is 1. The molecule has 0 bridgehead atoms. The van der Waals surface area contributed by atoms with E-state index in [-0.39, 0.29) is 0 Å². The van der Waals surface area contributed by atoms with Crippen LogP contribution in [0.2, 0.25) is 0 Å². The molecule has 54 valence electrons. The number of hydrogen-bond donors (Lipinski definition) is 3. The molecule has 0 spiro atoms. The Bertz CT molecular complexity index is 92.2. The molecule has 0 saturated heterocycles. The predicted octanol–water partition coefficient (Wildman–Crippen LogP) is -2.04. The molecule has 0 heterocycles. The fraction of sp³-hybridized carbons (Fsp3) is 0.800. The Balaban J connectivity index is 3.01. The van der Waals surface area contributed by atoms with Crippen molar-refractivity contribution in [2.75, 3.05) is 27.2 Å². The van der Waals surface area contributed by atoms with Gasteiger partial charge in [0.25, 0.3) is 0 Å². The minimum Gasteiger partial charge on any atom is -0.376 e. The van der Waals surface area contributed by atoms with Crippen molar-refractivity contribution in [1.82, 2.24) is 5.32 Å². The maximum atomic E-state index is 5.19. The van der Waals surface area contributed by atoms with Gasteiger partial charge in [-0.2, -0.15) is 0 Å². The molecule has 0 rings (SSSR count). The van der Waals surface area contributed by atoms with Gasteiger partial charge in [0.2, 0.25) is 0 Å². The number of quaternary nitrogens is 1. The van der Waals surface area contributed by atoms with Crippen LogP contribution in [0.5, 0.6) is 0 Å². The van der Waals surface area contributed by atoms with Crippen LogP contribution in [0.15, 0.2) is 0 Å². The van der Waals surface area contributed by atoms with Crippen molar-refractivity contribution in [2.45, 2.75) is 0 Å². The summed E-state index contributed by atoms with van der Waals surface area (Å²) in [5, 5.41) is 3.25. The second-order valence-electron chi connectivity index (χ2n) is 2.25. The van der Waals surface area contributed by atoms with Gasteiger partial charge in [-0.25, -0.2) is 0 Å². The molecule has 0 aromatic heterocycles. The summed E-state index contributed by atoms with van der Waals surface area (Å²) in [6, 6.07) is 0. The molecule has 0 aliphatic carbocycles. The van der Waals surface area contributed by atoms with E-state index in [1.807, 2.05) is 0 Å². The number of likely N-dealkylation sites (N-methyl/N-ethyl adjacent to an activating group) is 1. The Hall–Kier alpha value is -0.350. The Morgan fingerprint density at radius 1 is 1.67 bits per heavy atom. The fourth-order valence-electron chi connectivity index (χ4n) is 0.436. The van der Waals surface area contributed by atoms with E-state index in [1.165, 1.54) is 4.90 Å². The summed E-state index contributed by atoms with van der Waals surface area (Å²) in [7, 11) is 4.17. The molecule has 0 fully saturated rings. The van der Waals surface area contributed by atoms with Crippen LogP contribution in [0, 0.1) is 0 Å². The van der Waals surface area contributed by atoms with Crippen LogP contribution < -0.4 is 16.0 Å². The van der Waals surface area contributed by atoms with E-state index in [0.29, 0.717) is 5.11 Å². The first-order valence-electron chi connectivity index (χ1n) is 2.95. The van der Waals surface area contributed by atoms with E-state index in [1.54, 1.807) is 0 Å². The van der Waals surface area contributed by atoms with E-state index in [9.17, 15) is 0 Å². The zero-order valence-electron chi connectivity index (χ0n) is 5.90. The lowest BCUT2D eigenvalue weighted by Crippen LogP contribution is -3.06. The van der Waals surface area contributed by atoms with Gasteiger partial charge in [-0.3, -0.25) is 0 Å². The van der Waals surface area contributed by atoms with Crippen molar-refractivity contribution >= 4 is 17.3 Å². The average Bonchev–Trinajstić information content (AvgIpc) is 1.63. The van der Waals surface area contributed by atoms with Crippen molar-refractivity contribution in [3.63, 3.8) is 0 Å². The highest BCUT2D eigenvalue weighted by molar-refractivity contribution is 7.80. The van der Waals surface area contributed by atoms with Crippen molar-refractivity contribution < 1.29 is 4.90 Å². The summed E-state index contributed by atoms with van der Waals surface area (Å²) in [4.78, 5) is 1.39. The highest BCUT2D eigenvalue weighted by atomic mass is 32.1. The number of hydrogen-bond acceptors (Lipinski definition) is 1. The fourth-order valence-corrected chi connectivity index (χ4v) is 0.538. The molecule has 0 unspecified atom stereocenters. The van der Waals surface area contributed by atoms with Crippen LogP contribution in [0.4, 0.5) is 0 Å². The van der Waals surface area contributed by atoms with Gasteiger partial charge in [0, 0.05) is 0 Å². The van der Waals surface area contributed by atoms with Crippen molar-refractivity contribution in [2.24, 2.45) is 5.73 Å². The Labute approximate surface area is 61.2 Å². The lowest BCUT2D eigenvalue weighted by Gasteiger charge is -2.06. The minimum absolute atomic E-state index is 0.385. The highest BCUT2D eigenvalue weighted by Crippen LogP contribution is 1.53. The van der Waals surface area contributed by atoms with Gasteiger partial charge < -0.3 is 16.0 Å². The lowest BCUT2D eigenvalue weighted by molar-refractivity contribution is -0.856. The maximum Gasteiger partial charge on any atom is 0.163 e. The third-order valence-electron chi connectivity index (χ3n) is 0.924. The number of nitrogens with one attached hydrogen (secondary N) is 2. The Kier molecular flexibility index (Phi) is 4.35. The van der Waals surface area contributed by atoms with E-state index >= 15 is 0 Å². The SMILES string of the molecule is C[NH+](C)CCNC(N)=S. The first kappa shape index (κ1) is 8.65. The maximum absolute atomic E-state index is 5.19. The van der Waals surface area contributed by atoms with Gasteiger partial charge in [0.05, 0.1) is 27.2 Å². The van der Waals surface area contributed by atoms with Crippen LogP contribution in [-0.2, 0) is 0 Å². The monoisotopic (exact) mass is 148 g/mol. The summed E-state index contributed by atoms with van der Waals surface area (Å²) in [6.07, 6.45) is 0. The van der Waals surface area contributed by atoms with Gasteiger partial charge in [-0.15, -0.1) is 0 Å². The molecule has 0 aliphatic rings. The highest BCUT2D eigenvalue weighted by Gasteiger charge is 1.91. The van der Waals surface area contributed by atoms with E-state index < -0.39 is 0 Å². The number of nitrogens with two attached hydrogens (primary N) is 1. The summed E-state index contributed by atoms with van der Waals surface area (Å²) in [5.74, 6) is 0. The first-order valence-corrected chi connectivity index (χ1v) is 3.36. The molecule has 0 aliphatic heterocycles. The molecule has 3 nitrogen and oxygen atoms in total. The van der Waals surface area contributed by atoms with Crippen LogP contribution in [0.25, 0.3) is 0 Å². The molecule has 0 aromatic carbocycles. The predicted molar refractivity (Wildman–Crippen MR) is 42.5 cm³/mol. The third-order valence-corrected chi connectivity index (χ3v) is 1.07. The minimum atomic E-state index is 0.385. The van der Waals surface area contributed by atoms with Gasteiger partial charge in [0.15, 0.2) is 5.11 Å². The zero-order chi connectivity index (χ0) is 7.28. The van der Waals surface area contributed by atoms with Crippen LogP contribution >= 0.6 is 12.2 Å². The smallest absolute Gasteiger partial charge is 0.163 e. The van der Waals surface area contributed by atoms with E-state index in [4.69, 9.17) is 5.73 Å². The molecule has 0 saturated carbocycles. The first-order chi connectivity index (χ1) is 4.13. The Morgan fingerprint density at radius 3 is 2.56 bits per heavy atom. The second kappa shape index (κ2) is 4.52. The standard InChI is InChI=1S/C5H13N3S/c1-8(2)4-3-7-5(6)9/h3-4H2,1-2H3,(H3,6,7,9)/p+1. The molecule has 4 N–H and O–H groups in total. The van der Waals surface area contributed by atoms with Gasteiger partial charge >= 0.3 is 0 Å². The largest absolute Gasteiger partial charge is 0.376 e. The van der Waals surface area contributed by atoms with E-state index in [0.717, 1.165) is 13.1 Å². The molecule has 0 atom stereocenters. The zero-order valence-corrected chi connectivity index (χ0v) is 6.72. The molecule has 0 radical (unpaired) electrons. The van der Waals surface area contributed by atoms with E-state index in [2.05, 4.69) is 31.6 Å². The quantitative estimate of drug-likeness (QED) is 0.404. The van der Waals surface area contributed by atoms with Crippen molar-refractivity contribution in [3.8, 4) is 0 Å².